The maximum absolute atomic E-state index is 12.5. The van der Waals surface area contributed by atoms with Crippen LogP contribution < -0.4 is 10.6 Å². The summed E-state index contributed by atoms with van der Waals surface area (Å²) in [5.41, 5.74) is 0. The van der Waals surface area contributed by atoms with Gasteiger partial charge in [-0.3, -0.25) is 14.7 Å². The molecule has 1 atom stereocenters. The van der Waals surface area contributed by atoms with Crippen molar-refractivity contribution in [1.29, 1.82) is 0 Å². The second kappa shape index (κ2) is 9.02. The Kier molecular flexibility index (Phi) is 6.22. The molecule has 2 fully saturated rings. The zero-order valence-corrected chi connectivity index (χ0v) is 17.4. The number of rotatable bonds is 7. The molecule has 0 radical (unpaired) electrons. The Morgan fingerprint density at radius 1 is 1.24 bits per heavy atom. The zero-order chi connectivity index (χ0) is 20.2. The number of imide groups is 1. The molecule has 2 aromatic rings. The van der Waals surface area contributed by atoms with Crippen LogP contribution in [0.4, 0.5) is 4.79 Å². The number of nitrogens with zero attached hydrogens (tertiary/aromatic N) is 3. The molecule has 1 unspecified atom stereocenters. The Bertz CT molecular complexity index is 840. The number of nitrogens with one attached hydrogen (secondary N) is 2. The number of amides is 3. The summed E-state index contributed by atoms with van der Waals surface area (Å²) in [5.74, 6) is 1.85. The van der Waals surface area contributed by atoms with Crippen molar-refractivity contribution in [3.8, 4) is 0 Å². The van der Waals surface area contributed by atoms with Crippen LogP contribution in [0.2, 0.25) is 0 Å². The van der Waals surface area contributed by atoms with Gasteiger partial charge in [0, 0.05) is 12.0 Å². The summed E-state index contributed by atoms with van der Waals surface area (Å²) >= 11 is 1.31. The molecule has 156 valence electrons. The standard InChI is InChI=1S/C20H27N5O3S/c1-13(18(26)22-19(27)21-15-6-3-2-4-7-15)29-20-24-23-17(14-9-10-14)25(20)12-16-8-5-11-28-16/h5,8,11,13-15H,2-4,6-7,9-10,12H2,1H3,(H2,21,22,26,27). The van der Waals surface area contributed by atoms with Gasteiger partial charge in [0.25, 0.3) is 0 Å². The van der Waals surface area contributed by atoms with Crippen molar-refractivity contribution in [2.45, 2.75) is 80.8 Å². The van der Waals surface area contributed by atoms with E-state index in [9.17, 15) is 9.59 Å². The third kappa shape index (κ3) is 5.20. The van der Waals surface area contributed by atoms with Crippen LogP contribution in [0, 0.1) is 0 Å². The van der Waals surface area contributed by atoms with Gasteiger partial charge in [-0.25, -0.2) is 4.79 Å². The highest BCUT2D eigenvalue weighted by Gasteiger charge is 2.31. The third-order valence-electron chi connectivity index (χ3n) is 5.41. The van der Waals surface area contributed by atoms with E-state index in [0.717, 1.165) is 50.1 Å². The number of aromatic nitrogens is 3. The fourth-order valence-electron chi connectivity index (χ4n) is 3.63. The smallest absolute Gasteiger partial charge is 0.321 e. The Morgan fingerprint density at radius 3 is 2.72 bits per heavy atom. The van der Waals surface area contributed by atoms with E-state index in [-0.39, 0.29) is 11.9 Å². The van der Waals surface area contributed by atoms with Gasteiger partial charge in [0.05, 0.1) is 18.1 Å². The predicted molar refractivity (Wildman–Crippen MR) is 109 cm³/mol. The molecule has 29 heavy (non-hydrogen) atoms. The summed E-state index contributed by atoms with van der Waals surface area (Å²) in [7, 11) is 0. The number of urea groups is 1. The molecule has 2 aromatic heterocycles. The summed E-state index contributed by atoms with van der Waals surface area (Å²) in [4.78, 5) is 24.7. The number of thioether (sulfide) groups is 1. The van der Waals surface area contributed by atoms with Crippen LogP contribution in [0.25, 0.3) is 0 Å². The number of carbonyl (C=O) groups is 2. The minimum absolute atomic E-state index is 0.164. The predicted octanol–water partition coefficient (Wildman–Crippen LogP) is 3.44. The van der Waals surface area contributed by atoms with E-state index in [4.69, 9.17) is 4.42 Å². The maximum Gasteiger partial charge on any atom is 0.321 e. The highest BCUT2D eigenvalue weighted by atomic mass is 32.2. The molecule has 2 aliphatic carbocycles. The Hall–Kier alpha value is -2.29. The number of hydrogen-bond donors (Lipinski definition) is 2. The fourth-order valence-corrected chi connectivity index (χ4v) is 4.49. The number of hydrogen-bond acceptors (Lipinski definition) is 6. The first-order valence-corrected chi connectivity index (χ1v) is 11.2. The third-order valence-corrected chi connectivity index (χ3v) is 6.49. The van der Waals surface area contributed by atoms with E-state index in [1.54, 1.807) is 13.2 Å². The molecule has 0 aromatic carbocycles. The minimum Gasteiger partial charge on any atom is -0.467 e. The second-order valence-electron chi connectivity index (χ2n) is 7.84. The molecule has 0 saturated heterocycles. The van der Waals surface area contributed by atoms with Gasteiger partial charge in [0.2, 0.25) is 5.91 Å². The normalized spacial score (nSPS) is 18.4. The topological polar surface area (TPSA) is 102 Å². The lowest BCUT2D eigenvalue weighted by Crippen LogP contribution is -2.47. The van der Waals surface area contributed by atoms with Crippen LogP contribution in [0.5, 0.6) is 0 Å². The van der Waals surface area contributed by atoms with E-state index in [2.05, 4.69) is 20.8 Å². The van der Waals surface area contributed by atoms with E-state index in [0.29, 0.717) is 17.6 Å². The Labute approximate surface area is 174 Å². The molecule has 0 bridgehead atoms. The van der Waals surface area contributed by atoms with Crippen LogP contribution in [0.1, 0.15) is 69.4 Å². The molecule has 2 aliphatic rings. The second-order valence-corrected chi connectivity index (χ2v) is 9.15. The van der Waals surface area contributed by atoms with Crippen LogP contribution in [0.15, 0.2) is 28.0 Å². The molecule has 2 heterocycles. The molecule has 3 amide bonds. The molecule has 8 nitrogen and oxygen atoms in total. The lowest BCUT2D eigenvalue weighted by molar-refractivity contribution is -0.119. The molecule has 2 N–H and O–H groups in total. The van der Waals surface area contributed by atoms with Crippen LogP contribution in [-0.4, -0.2) is 38.0 Å². The molecule has 4 rings (SSSR count). The SMILES string of the molecule is CC(Sc1nnc(C2CC2)n1Cc1ccco1)C(=O)NC(=O)NC1CCCCC1. The summed E-state index contributed by atoms with van der Waals surface area (Å²) < 4.78 is 7.50. The summed E-state index contributed by atoms with van der Waals surface area (Å²) in [5, 5.41) is 14.2. The van der Waals surface area contributed by atoms with Gasteiger partial charge in [-0.1, -0.05) is 31.0 Å². The van der Waals surface area contributed by atoms with E-state index >= 15 is 0 Å². The van der Waals surface area contributed by atoms with Crippen molar-refractivity contribution < 1.29 is 14.0 Å². The summed E-state index contributed by atoms with van der Waals surface area (Å²) in [6.07, 6.45) is 9.28. The van der Waals surface area contributed by atoms with E-state index < -0.39 is 11.3 Å². The Balaban J connectivity index is 1.36. The highest BCUT2D eigenvalue weighted by molar-refractivity contribution is 8.00. The molecular formula is C20H27N5O3S. The highest BCUT2D eigenvalue weighted by Crippen LogP contribution is 2.40. The van der Waals surface area contributed by atoms with E-state index in [1.807, 2.05) is 16.7 Å². The van der Waals surface area contributed by atoms with Gasteiger partial charge in [-0.15, -0.1) is 10.2 Å². The first kappa shape index (κ1) is 20.0. The lowest BCUT2D eigenvalue weighted by Gasteiger charge is -2.23. The summed E-state index contributed by atoms with van der Waals surface area (Å²) in [6.45, 7) is 2.31. The zero-order valence-electron chi connectivity index (χ0n) is 16.6. The van der Waals surface area contributed by atoms with Crippen molar-refractivity contribution in [3.05, 3.63) is 30.0 Å². The van der Waals surface area contributed by atoms with Crippen LogP contribution in [-0.2, 0) is 11.3 Å². The van der Waals surface area contributed by atoms with Crippen molar-refractivity contribution in [3.63, 3.8) is 0 Å². The van der Waals surface area contributed by atoms with Crippen LogP contribution in [0.3, 0.4) is 0 Å². The largest absolute Gasteiger partial charge is 0.467 e. The fraction of sp³-hybridized carbons (Fsp3) is 0.600. The first-order chi connectivity index (χ1) is 14.1. The van der Waals surface area contributed by atoms with E-state index in [1.165, 1.54) is 18.2 Å². The maximum atomic E-state index is 12.5. The van der Waals surface area contributed by atoms with Crippen molar-refractivity contribution in [2.24, 2.45) is 0 Å². The first-order valence-electron chi connectivity index (χ1n) is 10.3. The van der Waals surface area contributed by atoms with Gasteiger partial charge >= 0.3 is 6.03 Å². The van der Waals surface area contributed by atoms with Gasteiger partial charge < -0.3 is 9.73 Å². The number of carbonyl (C=O) groups excluding carboxylic acids is 2. The molecule has 9 heteroatoms. The van der Waals surface area contributed by atoms with Gasteiger partial charge in [0.1, 0.15) is 11.6 Å². The molecular weight excluding hydrogens is 390 g/mol. The van der Waals surface area contributed by atoms with Crippen molar-refractivity contribution in [2.75, 3.05) is 0 Å². The molecule has 0 spiro atoms. The summed E-state index contributed by atoms with van der Waals surface area (Å²) in [6, 6.07) is 3.52. The van der Waals surface area contributed by atoms with Gasteiger partial charge in [-0.2, -0.15) is 0 Å². The minimum atomic E-state index is -0.473. The molecule has 0 aliphatic heterocycles. The average molecular weight is 418 g/mol. The van der Waals surface area contributed by atoms with Gasteiger partial charge in [-0.05, 0) is 44.7 Å². The van der Waals surface area contributed by atoms with Gasteiger partial charge in [0.15, 0.2) is 5.16 Å². The average Bonchev–Trinajstić information content (AvgIpc) is 3.28. The quantitative estimate of drug-likeness (QED) is 0.669. The van der Waals surface area contributed by atoms with Crippen LogP contribution >= 0.6 is 11.8 Å². The van der Waals surface area contributed by atoms with Crippen molar-refractivity contribution >= 4 is 23.7 Å². The lowest BCUT2D eigenvalue weighted by atomic mass is 9.96. The Morgan fingerprint density at radius 2 is 2.03 bits per heavy atom. The molecule has 2 saturated carbocycles. The number of furan rings is 1. The monoisotopic (exact) mass is 417 g/mol. The van der Waals surface area contributed by atoms with Crippen molar-refractivity contribution in [1.82, 2.24) is 25.4 Å².